The van der Waals surface area contributed by atoms with Gasteiger partial charge in [0.25, 0.3) is 0 Å². The molecule has 0 aromatic carbocycles. The molecule has 1 aromatic heterocycles. The van der Waals surface area contributed by atoms with Gasteiger partial charge < -0.3 is 0 Å². The molecule has 4 nitrogen and oxygen atoms in total. The van der Waals surface area contributed by atoms with Crippen molar-refractivity contribution in [2.45, 2.75) is 17.2 Å². The lowest BCUT2D eigenvalue weighted by Crippen LogP contribution is -2.08. The fourth-order valence-corrected chi connectivity index (χ4v) is 2.59. The maximum Gasteiger partial charge on any atom is 0.214 e. The van der Waals surface area contributed by atoms with E-state index in [4.69, 9.17) is 5.26 Å². The molecular weight excluding hydrogens is 261 g/mol. The molecular formula is C10H12FN3OS2. The lowest BCUT2D eigenvalue weighted by Gasteiger charge is -2.12. The lowest BCUT2D eigenvalue weighted by atomic mass is 10.2. The van der Waals surface area contributed by atoms with Crippen LogP contribution >= 0.6 is 11.8 Å². The van der Waals surface area contributed by atoms with Crippen LogP contribution in [0.4, 0.5) is 4.39 Å². The molecule has 0 bridgehead atoms. The summed E-state index contributed by atoms with van der Waals surface area (Å²) >= 11 is 1.20. The molecule has 0 aliphatic rings. The Kier molecular flexibility index (Phi) is 4.48. The first-order chi connectivity index (χ1) is 7.92. The highest BCUT2D eigenvalue weighted by atomic mass is 32.2. The molecule has 1 heterocycles. The Morgan fingerprint density at radius 3 is 2.82 bits per heavy atom. The van der Waals surface area contributed by atoms with Crippen molar-refractivity contribution in [2.75, 3.05) is 12.5 Å². The van der Waals surface area contributed by atoms with Crippen LogP contribution in [-0.2, 0) is 9.73 Å². The Labute approximate surface area is 104 Å². The summed E-state index contributed by atoms with van der Waals surface area (Å²) in [6, 6.07) is 1.29. The number of halogens is 1. The normalized spacial score (nSPS) is 15.7. The summed E-state index contributed by atoms with van der Waals surface area (Å²) in [6.07, 6.45) is 6.10. The van der Waals surface area contributed by atoms with Crippen LogP contribution in [0.3, 0.4) is 0 Å². The van der Waals surface area contributed by atoms with E-state index in [1.54, 1.807) is 13.2 Å². The van der Waals surface area contributed by atoms with Crippen molar-refractivity contribution in [3.05, 3.63) is 23.6 Å². The van der Waals surface area contributed by atoms with Gasteiger partial charge in [-0.1, -0.05) is 0 Å². The number of rotatable bonds is 3. The van der Waals surface area contributed by atoms with Crippen LogP contribution in [0.15, 0.2) is 21.7 Å². The van der Waals surface area contributed by atoms with Gasteiger partial charge in [0.2, 0.25) is 6.19 Å². The Balaban J connectivity index is 3.20. The first kappa shape index (κ1) is 13.9. The zero-order valence-corrected chi connectivity index (χ0v) is 11.3. The molecule has 2 atom stereocenters. The van der Waals surface area contributed by atoms with Crippen molar-refractivity contribution >= 4 is 21.5 Å². The van der Waals surface area contributed by atoms with Crippen LogP contribution in [0.25, 0.3) is 0 Å². The molecule has 92 valence electrons. The smallest absolute Gasteiger partial charge is 0.214 e. The van der Waals surface area contributed by atoms with E-state index in [2.05, 4.69) is 9.35 Å². The second-order valence-electron chi connectivity index (χ2n) is 3.45. The summed E-state index contributed by atoms with van der Waals surface area (Å²) in [5.74, 6) is -0.450. The SMILES string of the molecule is CSc1ncc(C(C)S(C)(=O)=NC#N)cc1F. The summed E-state index contributed by atoms with van der Waals surface area (Å²) < 4.78 is 28.9. The minimum atomic E-state index is -2.70. The predicted molar refractivity (Wildman–Crippen MR) is 66.5 cm³/mol. The van der Waals surface area contributed by atoms with Crippen molar-refractivity contribution < 1.29 is 8.60 Å². The summed E-state index contributed by atoms with van der Waals surface area (Å²) in [4.78, 5) is 3.93. The molecule has 1 aromatic rings. The molecule has 7 heteroatoms. The molecule has 2 unspecified atom stereocenters. The molecule has 0 saturated heterocycles. The zero-order chi connectivity index (χ0) is 13.1. The average molecular weight is 273 g/mol. The van der Waals surface area contributed by atoms with Gasteiger partial charge in [-0.2, -0.15) is 5.26 Å². The maximum absolute atomic E-state index is 13.5. The van der Waals surface area contributed by atoms with Crippen molar-refractivity contribution in [1.29, 1.82) is 5.26 Å². The molecule has 17 heavy (non-hydrogen) atoms. The Morgan fingerprint density at radius 1 is 1.71 bits per heavy atom. The van der Waals surface area contributed by atoms with Crippen molar-refractivity contribution in [2.24, 2.45) is 4.36 Å². The van der Waals surface area contributed by atoms with Gasteiger partial charge in [0.15, 0.2) is 5.82 Å². The second kappa shape index (κ2) is 5.47. The van der Waals surface area contributed by atoms with Gasteiger partial charge >= 0.3 is 0 Å². The zero-order valence-electron chi connectivity index (χ0n) is 9.68. The topological polar surface area (TPSA) is 66.1 Å². The number of hydrogen-bond donors (Lipinski definition) is 0. The van der Waals surface area contributed by atoms with Crippen LogP contribution in [0.5, 0.6) is 0 Å². The molecule has 0 aliphatic heterocycles. The molecule has 0 radical (unpaired) electrons. The third kappa shape index (κ3) is 3.17. The number of hydrogen-bond acceptors (Lipinski definition) is 5. The highest BCUT2D eigenvalue weighted by molar-refractivity contribution is 7.98. The van der Waals surface area contributed by atoms with Gasteiger partial charge in [0.1, 0.15) is 5.03 Å². The minimum Gasteiger partial charge on any atom is -0.248 e. The van der Waals surface area contributed by atoms with Gasteiger partial charge in [0.05, 0.1) is 15.0 Å². The summed E-state index contributed by atoms with van der Waals surface area (Å²) in [6.45, 7) is 1.64. The van der Waals surface area contributed by atoms with Crippen molar-refractivity contribution in [3.8, 4) is 6.19 Å². The number of pyridine rings is 1. The number of nitriles is 1. The minimum absolute atomic E-state index is 0.292. The van der Waals surface area contributed by atoms with Gasteiger partial charge in [-0.3, -0.25) is 0 Å². The quantitative estimate of drug-likeness (QED) is 0.627. The van der Waals surface area contributed by atoms with Crippen LogP contribution in [0, 0.1) is 17.3 Å². The molecule has 0 saturated carbocycles. The largest absolute Gasteiger partial charge is 0.248 e. The van der Waals surface area contributed by atoms with E-state index in [0.717, 1.165) is 0 Å². The standard InChI is InChI=1S/C10H12FN3OS2/c1-7(17(3,15)14-6-12)8-4-9(11)10(16-2)13-5-8/h4-5,7H,1-3H3. The number of aromatic nitrogens is 1. The van der Waals surface area contributed by atoms with Crippen LogP contribution < -0.4 is 0 Å². The Morgan fingerprint density at radius 2 is 2.35 bits per heavy atom. The molecule has 0 amide bonds. The fourth-order valence-electron chi connectivity index (χ4n) is 1.23. The van der Waals surface area contributed by atoms with E-state index >= 15 is 0 Å². The Bertz CT molecular complexity index is 573. The molecule has 0 spiro atoms. The van der Waals surface area contributed by atoms with E-state index in [0.29, 0.717) is 10.6 Å². The van der Waals surface area contributed by atoms with E-state index in [9.17, 15) is 8.60 Å². The monoisotopic (exact) mass is 273 g/mol. The van der Waals surface area contributed by atoms with E-state index in [1.165, 1.54) is 36.5 Å². The first-order valence-electron chi connectivity index (χ1n) is 4.71. The van der Waals surface area contributed by atoms with Crippen LogP contribution in [0.1, 0.15) is 17.7 Å². The van der Waals surface area contributed by atoms with Crippen LogP contribution in [-0.4, -0.2) is 21.7 Å². The Hall–Kier alpha value is -1.13. The third-order valence-electron chi connectivity index (χ3n) is 2.37. The molecule has 0 aliphatic carbocycles. The number of thioether (sulfide) groups is 1. The summed E-state index contributed by atoms with van der Waals surface area (Å²) in [5.41, 5.74) is 0.479. The van der Waals surface area contributed by atoms with E-state index in [-0.39, 0.29) is 0 Å². The lowest BCUT2D eigenvalue weighted by molar-refractivity contribution is 0.584. The van der Waals surface area contributed by atoms with Gasteiger partial charge in [-0.15, -0.1) is 16.1 Å². The van der Waals surface area contributed by atoms with Crippen molar-refractivity contribution in [3.63, 3.8) is 0 Å². The van der Waals surface area contributed by atoms with E-state index < -0.39 is 20.8 Å². The first-order valence-corrected chi connectivity index (χ1v) is 7.92. The van der Waals surface area contributed by atoms with Gasteiger partial charge in [-0.25, -0.2) is 13.6 Å². The van der Waals surface area contributed by atoms with Crippen LogP contribution in [0.2, 0.25) is 0 Å². The third-order valence-corrected chi connectivity index (χ3v) is 5.08. The maximum atomic E-state index is 13.5. The molecule has 1 rings (SSSR count). The van der Waals surface area contributed by atoms with Gasteiger partial charge in [0, 0.05) is 12.5 Å². The fraction of sp³-hybridized carbons (Fsp3) is 0.400. The van der Waals surface area contributed by atoms with Crippen molar-refractivity contribution in [1.82, 2.24) is 4.98 Å². The summed E-state index contributed by atoms with van der Waals surface area (Å²) in [7, 11) is -2.70. The number of nitrogens with zero attached hydrogens (tertiary/aromatic N) is 3. The molecule has 0 N–H and O–H groups in total. The highest BCUT2D eigenvalue weighted by Gasteiger charge is 2.18. The average Bonchev–Trinajstić information content (AvgIpc) is 2.27. The van der Waals surface area contributed by atoms with E-state index in [1.807, 2.05) is 0 Å². The summed E-state index contributed by atoms with van der Waals surface area (Å²) in [5, 5.41) is 8.20. The predicted octanol–water partition coefficient (Wildman–Crippen LogP) is 2.58. The highest BCUT2D eigenvalue weighted by Crippen LogP contribution is 2.25. The second-order valence-corrected chi connectivity index (χ2v) is 6.86. The molecule has 0 fully saturated rings. The van der Waals surface area contributed by atoms with Gasteiger partial charge in [-0.05, 0) is 24.8 Å².